The summed E-state index contributed by atoms with van der Waals surface area (Å²) in [6.45, 7) is 0. The van der Waals surface area contributed by atoms with Gasteiger partial charge in [-0.2, -0.15) is 0 Å². The van der Waals surface area contributed by atoms with Crippen molar-refractivity contribution in [3.8, 4) is 16.2 Å². The molecular formula is C14H12F2O3S. The Labute approximate surface area is 118 Å². The van der Waals surface area contributed by atoms with E-state index in [2.05, 4.69) is 0 Å². The quantitative estimate of drug-likeness (QED) is 0.882. The SMILES string of the molecule is O=C(O)CCCc1ccc(-c2cc(F)c(O)c(F)c2)s1. The highest BCUT2D eigenvalue weighted by molar-refractivity contribution is 7.15. The molecule has 2 aromatic rings. The van der Waals surface area contributed by atoms with Crippen LogP contribution in [0.3, 0.4) is 0 Å². The average Bonchev–Trinajstić information content (AvgIpc) is 2.83. The van der Waals surface area contributed by atoms with Crippen LogP contribution >= 0.6 is 11.3 Å². The average molecular weight is 298 g/mol. The number of carbonyl (C=O) groups is 1. The number of aromatic hydroxyl groups is 1. The molecule has 0 unspecified atom stereocenters. The van der Waals surface area contributed by atoms with E-state index in [1.807, 2.05) is 6.07 Å². The van der Waals surface area contributed by atoms with Gasteiger partial charge in [-0.3, -0.25) is 4.79 Å². The number of halogens is 2. The van der Waals surface area contributed by atoms with Gasteiger partial charge in [0.15, 0.2) is 17.4 Å². The lowest BCUT2D eigenvalue weighted by atomic mass is 10.1. The van der Waals surface area contributed by atoms with Crippen LogP contribution in [-0.2, 0) is 11.2 Å². The molecule has 0 saturated heterocycles. The maximum Gasteiger partial charge on any atom is 0.303 e. The molecule has 0 radical (unpaired) electrons. The number of carboxylic acids is 1. The fourth-order valence-electron chi connectivity index (χ4n) is 1.79. The molecule has 106 valence electrons. The summed E-state index contributed by atoms with van der Waals surface area (Å²) in [4.78, 5) is 12.0. The minimum atomic E-state index is -0.999. The van der Waals surface area contributed by atoms with Crippen molar-refractivity contribution >= 4 is 17.3 Å². The Morgan fingerprint density at radius 3 is 2.45 bits per heavy atom. The van der Waals surface area contributed by atoms with Crippen molar-refractivity contribution in [2.24, 2.45) is 0 Å². The predicted octanol–water partition coefficient (Wildman–Crippen LogP) is 3.81. The highest BCUT2D eigenvalue weighted by atomic mass is 32.1. The normalized spacial score (nSPS) is 10.7. The second-order valence-electron chi connectivity index (χ2n) is 4.30. The Hall–Kier alpha value is -1.95. The second-order valence-corrected chi connectivity index (χ2v) is 5.47. The lowest BCUT2D eigenvalue weighted by molar-refractivity contribution is -0.137. The molecule has 1 aromatic carbocycles. The van der Waals surface area contributed by atoms with Crippen LogP contribution in [0.4, 0.5) is 8.78 Å². The smallest absolute Gasteiger partial charge is 0.303 e. The van der Waals surface area contributed by atoms with E-state index in [1.54, 1.807) is 6.07 Å². The van der Waals surface area contributed by atoms with Crippen LogP contribution in [-0.4, -0.2) is 16.2 Å². The Bertz CT molecular complexity index is 614. The predicted molar refractivity (Wildman–Crippen MR) is 71.9 cm³/mol. The van der Waals surface area contributed by atoms with Gasteiger partial charge in [-0.15, -0.1) is 11.3 Å². The van der Waals surface area contributed by atoms with Crippen molar-refractivity contribution in [2.45, 2.75) is 19.3 Å². The summed E-state index contributed by atoms with van der Waals surface area (Å²) >= 11 is 1.35. The summed E-state index contributed by atoms with van der Waals surface area (Å²) in [5.41, 5.74) is 0.354. The molecule has 6 heteroatoms. The zero-order chi connectivity index (χ0) is 14.7. The highest BCUT2D eigenvalue weighted by Crippen LogP contribution is 2.32. The molecule has 20 heavy (non-hydrogen) atoms. The topological polar surface area (TPSA) is 57.5 Å². The van der Waals surface area contributed by atoms with Gasteiger partial charge in [0.05, 0.1) is 0 Å². The highest BCUT2D eigenvalue weighted by Gasteiger charge is 2.12. The van der Waals surface area contributed by atoms with E-state index in [0.29, 0.717) is 23.3 Å². The van der Waals surface area contributed by atoms with Gasteiger partial charge in [-0.25, -0.2) is 8.78 Å². The molecular weight excluding hydrogens is 286 g/mol. The standard InChI is InChI=1S/C14H12F2O3S/c15-10-6-8(7-11(16)14(10)19)12-5-4-9(20-12)2-1-3-13(17)18/h4-7,19H,1-3H2,(H,17,18). The number of thiophene rings is 1. The minimum absolute atomic E-state index is 0.0930. The van der Waals surface area contributed by atoms with Crippen molar-refractivity contribution in [1.29, 1.82) is 0 Å². The van der Waals surface area contributed by atoms with Crippen LogP contribution in [0.2, 0.25) is 0 Å². The molecule has 0 fully saturated rings. The lowest BCUT2D eigenvalue weighted by Crippen LogP contribution is -1.94. The monoisotopic (exact) mass is 298 g/mol. The summed E-state index contributed by atoms with van der Waals surface area (Å²) in [7, 11) is 0. The molecule has 3 nitrogen and oxygen atoms in total. The van der Waals surface area contributed by atoms with Crippen molar-refractivity contribution in [2.75, 3.05) is 0 Å². The zero-order valence-electron chi connectivity index (χ0n) is 10.4. The van der Waals surface area contributed by atoms with Gasteiger partial charge in [-0.1, -0.05) is 0 Å². The minimum Gasteiger partial charge on any atom is -0.503 e. The van der Waals surface area contributed by atoms with Gasteiger partial charge < -0.3 is 10.2 Å². The molecule has 1 aromatic heterocycles. The molecule has 2 N–H and O–H groups in total. The van der Waals surface area contributed by atoms with E-state index in [1.165, 1.54) is 11.3 Å². The number of hydrogen-bond donors (Lipinski definition) is 2. The number of benzene rings is 1. The first kappa shape index (κ1) is 14.5. The molecule has 0 amide bonds. The number of phenolic OH excluding ortho intramolecular Hbond substituents is 1. The van der Waals surface area contributed by atoms with Crippen LogP contribution in [0, 0.1) is 11.6 Å². The van der Waals surface area contributed by atoms with E-state index < -0.39 is 23.4 Å². The van der Waals surface area contributed by atoms with Crippen LogP contribution in [0.15, 0.2) is 24.3 Å². The fourth-order valence-corrected chi connectivity index (χ4v) is 2.83. The van der Waals surface area contributed by atoms with Crippen LogP contribution in [0.25, 0.3) is 10.4 Å². The van der Waals surface area contributed by atoms with Gasteiger partial charge in [0.2, 0.25) is 0 Å². The second kappa shape index (κ2) is 6.00. The van der Waals surface area contributed by atoms with Crippen LogP contribution in [0.1, 0.15) is 17.7 Å². The molecule has 1 heterocycles. The summed E-state index contributed by atoms with van der Waals surface area (Å²) < 4.78 is 26.5. The molecule has 0 bridgehead atoms. The number of phenols is 1. The third-order valence-electron chi connectivity index (χ3n) is 2.78. The number of aryl methyl sites for hydroxylation is 1. The first-order valence-electron chi connectivity index (χ1n) is 5.96. The Balaban J connectivity index is 2.14. The van der Waals surface area contributed by atoms with E-state index in [4.69, 9.17) is 10.2 Å². The molecule has 0 aliphatic rings. The molecule has 2 rings (SSSR count). The van der Waals surface area contributed by atoms with Gasteiger partial charge in [-0.05, 0) is 42.7 Å². The number of hydrogen-bond acceptors (Lipinski definition) is 3. The Kier molecular flexibility index (Phi) is 4.34. The number of carboxylic acid groups (broad SMARTS) is 1. The van der Waals surface area contributed by atoms with E-state index in [0.717, 1.165) is 17.0 Å². The van der Waals surface area contributed by atoms with Gasteiger partial charge >= 0.3 is 5.97 Å². The third-order valence-corrected chi connectivity index (χ3v) is 3.97. The van der Waals surface area contributed by atoms with Gasteiger partial charge in [0, 0.05) is 16.2 Å². The van der Waals surface area contributed by atoms with E-state index in [9.17, 15) is 13.6 Å². The Morgan fingerprint density at radius 1 is 1.20 bits per heavy atom. The van der Waals surface area contributed by atoms with Crippen molar-refractivity contribution in [3.63, 3.8) is 0 Å². The van der Waals surface area contributed by atoms with E-state index in [-0.39, 0.29) is 6.42 Å². The molecule has 0 saturated carbocycles. The molecule has 0 aliphatic carbocycles. The molecule has 0 atom stereocenters. The largest absolute Gasteiger partial charge is 0.503 e. The van der Waals surface area contributed by atoms with Gasteiger partial charge in [0.1, 0.15) is 0 Å². The fraction of sp³-hybridized carbons (Fsp3) is 0.214. The maximum absolute atomic E-state index is 13.3. The van der Waals surface area contributed by atoms with Crippen LogP contribution in [0.5, 0.6) is 5.75 Å². The molecule has 0 aliphatic heterocycles. The van der Waals surface area contributed by atoms with Crippen molar-refractivity contribution < 1.29 is 23.8 Å². The zero-order valence-corrected chi connectivity index (χ0v) is 11.2. The summed E-state index contributed by atoms with van der Waals surface area (Å²) in [6.07, 6.45) is 1.23. The summed E-state index contributed by atoms with van der Waals surface area (Å²) in [5, 5.41) is 17.6. The maximum atomic E-state index is 13.3. The van der Waals surface area contributed by atoms with Gasteiger partial charge in [0.25, 0.3) is 0 Å². The first-order valence-corrected chi connectivity index (χ1v) is 6.78. The summed E-state index contributed by atoms with van der Waals surface area (Å²) in [6, 6.07) is 5.69. The van der Waals surface area contributed by atoms with Crippen LogP contribution < -0.4 is 0 Å². The first-order chi connectivity index (χ1) is 9.47. The van der Waals surface area contributed by atoms with E-state index >= 15 is 0 Å². The lowest BCUT2D eigenvalue weighted by Gasteiger charge is -2.01. The number of aliphatic carboxylic acids is 1. The van der Waals surface area contributed by atoms with Crippen molar-refractivity contribution in [3.05, 3.63) is 40.8 Å². The number of rotatable bonds is 5. The third kappa shape index (κ3) is 3.33. The van der Waals surface area contributed by atoms with Crippen molar-refractivity contribution in [1.82, 2.24) is 0 Å². The Morgan fingerprint density at radius 2 is 1.85 bits per heavy atom. The summed E-state index contributed by atoms with van der Waals surface area (Å²) in [5.74, 6) is -3.82. The molecule has 0 spiro atoms.